The zero-order chi connectivity index (χ0) is 18.5. The molecule has 26 heavy (non-hydrogen) atoms. The molecule has 0 unspecified atom stereocenters. The van der Waals surface area contributed by atoms with Crippen molar-refractivity contribution in [1.29, 1.82) is 0 Å². The van der Waals surface area contributed by atoms with Crippen LogP contribution in [0, 0.1) is 0 Å². The van der Waals surface area contributed by atoms with Crippen molar-refractivity contribution >= 4 is 39.3 Å². The van der Waals surface area contributed by atoms with Gasteiger partial charge in [-0.05, 0) is 56.6 Å². The number of ether oxygens (including phenoxy) is 1. The first-order chi connectivity index (χ1) is 12.6. The first-order valence-corrected chi connectivity index (χ1v) is 9.27. The number of rotatable bonds is 6. The summed E-state index contributed by atoms with van der Waals surface area (Å²) in [5, 5.41) is 18.7. The maximum Gasteiger partial charge on any atom is 0.298 e. The number of benzene rings is 2. The van der Waals surface area contributed by atoms with Crippen molar-refractivity contribution in [1.82, 2.24) is 5.27 Å². The lowest BCUT2D eigenvalue weighted by Gasteiger charge is -2.06. The normalized spacial score (nSPS) is 10.5. The van der Waals surface area contributed by atoms with Crippen LogP contribution in [0.15, 0.2) is 62.6 Å². The quantitative estimate of drug-likeness (QED) is 0.472. The number of para-hydroxylation sites is 1. The van der Waals surface area contributed by atoms with Gasteiger partial charge in [-0.2, -0.15) is 0 Å². The van der Waals surface area contributed by atoms with Crippen molar-refractivity contribution in [2.75, 3.05) is 18.2 Å². The molecule has 1 amide bonds. The molecule has 0 aliphatic rings. The van der Waals surface area contributed by atoms with Crippen molar-refractivity contribution in [3.63, 3.8) is 0 Å². The summed E-state index contributed by atoms with van der Waals surface area (Å²) in [6, 6.07) is 14.3. The molecule has 0 aliphatic carbocycles. The highest BCUT2D eigenvalue weighted by molar-refractivity contribution is 9.10. The van der Waals surface area contributed by atoms with E-state index >= 15 is 0 Å². The molecular weight excluding hydrogens is 422 g/mol. The molecule has 0 aliphatic heterocycles. The van der Waals surface area contributed by atoms with Crippen molar-refractivity contribution in [2.24, 2.45) is 0 Å². The summed E-state index contributed by atoms with van der Waals surface area (Å²) in [5.41, 5.74) is 1.29. The van der Waals surface area contributed by atoms with E-state index < -0.39 is 5.95 Å². The molecule has 0 radical (unpaired) electrons. The van der Waals surface area contributed by atoms with Gasteiger partial charge in [-0.25, -0.2) is 0 Å². The first-order valence-electron chi connectivity index (χ1n) is 7.49. The molecule has 0 saturated heterocycles. The smallest absolute Gasteiger partial charge is 0.298 e. The minimum absolute atomic E-state index is 0.0357. The van der Waals surface area contributed by atoms with E-state index in [1.807, 2.05) is 18.2 Å². The Kier molecular flexibility index (Phi) is 5.79. The Labute approximate surface area is 162 Å². The lowest BCUT2D eigenvalue weighted by atomic mass is 10.3. The van der Waals surface area contributed by atoms with Gasteiger partial charge >= 0.3 is 0 Å². The number of amides is 1. The van der Waals surface area contributed by atoms with Gasteiger partial charge in [0.05, 0.1) is 23.8 Å². The number of carbonyl (C=O) groups is 1. The fourth-order valence-corrected chi connectivity index (χ4v) is 3.27. The fraction of sp³-hybridized carbons (Fsp3) is 0.118. The SMILES string of the molecule is COc1ccc(-[n+]2noc([O-])c2SCC(=O)Nc2ccccc2Br)cc1. The van der Waals surface area contributed by atoms with Gasteiger partial charge in [0, 0.05) is 16.6 Å². The maximum atomic E-state index is 12.2. The topological polar surface area (TPSA) is 91.3 Å². The Morgan fingerprint density at radius 3 is 2.73 bits per heavy atom. The van der Waals surface area contributed by atoms with Crippen molar-refractivity contribution < 1.29 is 23.8 Å². The number of aromatic nitrogens is 2. The van der Waals surface area contributed by atoms with Crippen LogP contribution in [0.2, 0.25) is 0 Å². The molecular formula is C17H14BrN3O4S. The molecule has 0 fully saturated rings. The predicted octanol–water partition coefficient (Wildman–Crippen LogP) is 2.53. The van der Waals surface area contributed by atoms with Crippen molar-refractivity contribution in [3.8, 4) is 17.4 Å². The van der Waals surface area contributed by atoms with Gasteiger partial charge in [-0.15, -0.1) is 0 Å². The molecule has 7 nitrogen and oxygen atoms in total. The third-order valence-electron chi connectivity index (χ3n) is 3.38. The largest absolute Gasteiger partial charge is 0.538 e. The van der Waals surface area contributed by atoms with Crippen LogP contribution in [0.25, 0.3) is 5.69 Å². The van der Waals surface area contributed by atoms with Gasteiger partial charge in [0.2, 0.25) is 11.6 Å². The second kappa shape index (κ2) is 8.24. The summed E-state index contributed by atoms with van der Waals surface area (Å²) in [5.74, 6) is -0.126. The summed E-state index contributed by atoms with van der Waals surface area (Å²) in [6.45, 7) is 0. The molecule has 3 rings (SSSR count). The van der Waals surface area contributed by atoms with Crippen LogP contribution in [-0.4, -0.2) is 24.0 Å². The van der Waals surface area contributed by atoms with E-state index in [0.29, 0.717) is 17.1 Å². The number of thioether (sulfide) groups is 1. The van der Waals surface area contributed by atoms with Crippen LogP contribution in [0.1, 0.15) is 0 Å². The third-order valence-corrected chi connectivity index (χ3v) is 5.09. The zero-order valence-corrected chi connectivity index (χ0v) is 16.0. The van der Waals surface area contributed by atoms with Crippen LogP contribution in [0.5, 0.6) is 11.7 Å². The van der Waals surface area contributed by atoms with Gasteiger partial charge in [-0.1, -0.05) is 12.1 Å². The lowest BCUT2D eigenvalue weighted by molar-refractivity contribution is -0.705. The Morgan fingerprint density at radius 2 is 2.04 bits per heavy atom. The molecule has 0 bridgehead atoms. The number of hydrogen-bond acceptors (Lipinski definition) is 6. The van der Waals surface area contributed by atoms with E-state index in [-0.39, 0.29) is 16.7 Å². The average molecular weight is 436 g/mol. The van der Waals surface area contributed by atoms with E-state index in [1.165, 1.54) is 4.68 Å². The Morgan fingerprint density at radius 1 is 1.31 bits per heavy atom. The predicted molar refractivity (Wildman–Crippen MR) is 97.5 cm³/mol. The van der Waals surface area contributed by atoms with E-state index in [1.54, 1.807) is 37.4 Å². The van der Waals surface area contributed by atoms with Gasteiger partial charge < -0.3 is 19.7 Å². The minimum Gasteiger partial charge on any atom is -0.538 e. The standard InChI is InChI=1S/C17H14BrN3O4S/c1-24-12-8-6-11(7-9-12)21-16(17(23)25-20-21)26-10-15(22)19-14-5-3-2-4-13(14)18/h2-9H,10H2,1H3,(H-,19,20,22,23). The van der Waals surface area contributed by atoms with Crippen LogP contribution in [0.4, 0.5) is 5.69 Å². The number of methoxy groups -OCH3 is 1. The molecule has 9 heteroatoms. The van der Waals surface area contributed by atoms with Crippen LogP contribution < -0.4 is 19.8 Å². The second-order valence-electron chi connectivity index (χ2n) is 5.09. The minimum atomic E-state index is -0.598. The molecule has 1 heterocycles. The molecule has 2 aromatic carbocycles. The van der Waals surface area contributed by atoms with Gasteiger partial charge in [0.1, 0.15) is 5.75 Å². The van der Waals surface area contributed by atoms with Gasteiger partial charge in [0.25, 0.3) is 5.03 Å². The molecule has 134 valence electrons. The number of nitrogens with one attached hydrogen (secondary N) is 1. The third kappa shape index (κ3) is 4.17. The Hall–Kier alpha value is -2.52. The highest BCUT2D eigenvalue weighted by Gasteiger charge is 2.22. The summed E-state index contributed by atoms with van der Waals surface area (Å²) < 4.78 is 12.0. The number of anilines is 1. The number of carbonyl (C=O) groups excluding carboxylic acids is 1. The van der Waals surface area contributed by atoms with E-state index in [4.69, 9.17) is 9.26 Å². The number of nitrogens with zero attached hydrogens (tertiary/aromatic N) is 2. The van der Waals surface area contributed by atoms with Crippen LogP contribution >= 0.6 is 27.7 Å². The lowest BCUT2D eigenvalue weighted by Crippen LogP contribution is -2.35. The van der Waals surface area contributed by atoms with E-state index in [0.717, 1.165) is 16.2 Å². The highest BCUT2D eigenvalue weighted by Crippen LogP contribution is 2.25. The Bertz CT molecular complexity index is 915. The van der Waals surface area contributed by atoms with Crippen LogP contribution in [0.3, 0.4) is 0 Å². The Balaban J connectivity index is 1.71. The summed E-state index contributed by atoms with van der Waals surface area (Å²) in [7, 11) is 1.57. The molecule has 1 aromatic heterocycles. The number of halogens is 1. The maximum absolute atomic E-state index is 12.2. The molecule has 0 atom stereocenters. The highest BCUT2D eigenvalue weighted by atomic mass is 79.9. The summed E-state index contributed by atoms with van der Waals surface area (Å²) in [6.07, 6.45) is 0. The first kappa shape index (κ1) is 18.3. The molecule has 1 N–H and O–H groups in total. The van der Waals surface area contributed by atoms with Crippen molar-refractivity contribution in [2.45, 2.75) is 5.03 Å². The zero-order valence-electron chi connectivity index (χ0n) is 13.6. The van der Waals surface area contributed by atoms with Gasteiger partial charge in [-0.3, -0.25) is 4.79 Å². The second-order valence-corrected chi connectivity index (χ2v) is 6.91. The molecule has 0 saturated carbocycles. The summed E-state index contributed by atoms with van der Waals surface area (Å²) in [4.78, 5) is 12.2. The van der Waals surface area contributed by atoms with Crippen LogP contribution in [-0.2, 0) is 4.79 Å². The van der Waals surface area contributed by atoms with E-state index in [9.17, 15) is 9.90 Å². The van der Waals surface area contributed by atoms with Gasteiger partial charge in [0.15, 0.2) is 5.95 Å². The number of hydrogen-bond donors (Lipinski definition) is 1. The van der Waals surface area contributed by atoms with E-state index in [2.05, 4.69) is 26.5 Å². The monoisotopic (exact) mass is 435 g/mol. The van der Waals surface area contributed by atoms with Crippen molar-refractivity contribution in [3.05, 3.63) is 53.0 Å². The molecule has 0 spiro atoms. The average Bonchev–Trinajstić information content (AvgIpc) is 3.02. The fourth-order valence-electron chi connectivity index (χ4n) is 2.13. The summed E-state index contributed by atoms with van der Waals surface area (Å²) >= 11 is 4.42. The molecule has 3 aromatic rings.